The van der Waals surface area contributed by atoms with Crippen molar-refractivity contribution in [3.63, 3.8) is 0 Å². The molecule has 0 aromatic heterocycles. The van der Waals surface area contributed by atoms with Gasteiger partial charge in [-0.2, -0.15) is 0 Å². The van der Waals surface area contributed by atoms with Crippen molar-refractivity contribution in [1.29, 1.82) is 0 Å². The first kappa shape index (κ1) is 30.5. The molecule has 0 spiro atoms. The van der Waals surface area contributed by atoms with Crippen LogP contribution < -0.4 is 14.2 Å². The first-order valence-corrected chi connectivity index (χ1v) is 14.0. The summed E-state index contributed by atoms with van der Waals surface area (Å²) in [7, 11) is 1.51. The number of amides is 1. The summed E-state index contributed by atoms with van der Waals surface area (Å²) in [6.45, 7) is 1.88. The Morgan fingerprint density at radius 2 is 1.57 bits per heavy atom. The number of esters is 1. The molecule has 1 unspecified atom stereocenters. The monoisotopic (exact) mass is 605 g/mol. The lowest BCUT2D eigenvalue weighted by Gasteiger charge is -2.38. The lowest BCUT2D eigenvalue weighted by molar-refractivity contribution is -0.159. The summed E-state index contributed by atoms with van der Waals surface area (Å²) in [5, 5.41) is 0. The molecule has 0 radical (unpaired) electrons. The number of ether oxygens (including phenoxy) is 4. The first-order chi connectivity index (χ1) is 21.3. The molecule has 1 amide bonds. The average molecular weight is 606 g/mol. The minimum Gasteiger partial charge on any atom is -0.493 e. The summed E-state index contributed by atoms with van der Waals surface area (Å²) >= 11 is 0. The van der Waals surface area contributed by atoms with Gasteiger partial charge in [0.05, 0.1) is 13.7 Å². The summed E-state index contributed by atoms with van der Waals surface area (Å²) in [5.41, 5.74) is 2.53. The topological polar surface area (TPSA) is 74.3 Å². The molecule has 10 heteroatoms. The van der Waals surface area contributed by atoms with Crippen molar-refractivity contribution in [3.8, 4) is 17.2 Å². The maximum atomic E-state index is 14.7. The number of carbonyl (C=O) groups excluding carboxylic acids is 2. The fraction of sp³-hybridized carbons (Fsp3) is 0.235. The van der Waals surface area contributed by atoms with Crippen LogP contribution in [-0.4, -0.2) is 36.5 Å². The second kappa shape index (κ2) is 13.5. The summed E-state index contributed by atoms with van der Waals surface area (Å²) in [6, 6.07) is 20.9. The van der Waals surface area contributed by atoms with Gasteiger partial charge in [0.2, 0.25) is 6.10 Å². The molecule has 7 nitrogen and oxygen atoms in total. The lowest BCUT2D eigenvalue weighted by atomic mass is 9.91. The van der Waals surface area contributed by atoms with Gasteiger partial charge in [-0.25, -0.2) is 18.0 Å². The van der Waals surface area contributed by atoms with Crippen LogP contribution in [0.1, 0.15) is 35.3 Å². The molecule has 4 aromatic carbocycles. The van der Waals surface area contributed by atoms with Crippen LogP contribution in [0.5, 0.6) is 17.2 Å². The Kier molecular flexibility index (Phi) is 9.38. The van der Waals surface area contributed by atoms with E-state index in [0.717, 1.165) is 5.56 Å². The van der Waals surface area contributed by atoms with Gasteiger partial charge in [0.15, 0.2) is 28.9 Å². The van der Waals surface area contributed by atoms with Crippen LogP contribution in [0.2, 0.25) is 0 Å². The number of rotatable bonds is 10. The minimum absolute atomic E-state index is 0.0159. The smallest absolute Gasteiger partial charge is 0.329 e. The zero-order chi connectivity index (χ0) is 31.2. The third kappa shape index (κ3) is 6.49. The number of hydrogen-bond acceptors (Lipinski definition) is 6. The van der Waals surface area contributed by atoms with E-state index in [1.165, 1.54) is 12.0 Å². The van der Waals surface area contributed by atoms with E-state index < -0.39 is 47.2 Å². The van der Waals surface area contributed by atoms with Gasteiger partial charge in [-0.1, -0.05) is 66.7 Å². The van der Waals surface area contributed by atoms with Crippen molar-refractivity contribution >= 4 is 11.9 Å². The van der Waals surface area contributed by atoms with Crippen molar-refractivity contribution < 1.29 is 41.7 Å². The maximum absolute atomic E-state index is 14.7. The molecule has 4 aromatic rings. The molecule has 1 heterocycles. The number of benzene rings is 4. The SMILES string of the molecule is CCOC(=O)[C@@H]1Cc2c(ccc(OC)c2OCc2ccccc2)CN1C(=O)C(Oc1c(F)cc(F)cc1F)c1ccccc1. The zero-order valence-electron chi connectivity index (χ0n) is 24.1. The van der Waals surface area contributed by atoms with Crippen LogP contribution >= 0.6 is 0 Å². The molecule has 2 atom stereocenters. The predicted molar refractivity (Wildman–Crippen MR) is 155 cm³/mol. The third-order valence-corrected chi connectivity index (χ3v) is 7.25. The molecule has 0 bridgehead atoms. The van der Waals surface area contributed by atoms with Gasteiger partial charge in [0.1, 0.15) is 18.5 Å². The maximum Gasteiger partial charge on any atom is 0.329 e. The molecule has 44 heavy (non-hydrogen) atoms. The number of fused-ring (bicyclic) bond motifs is 1. The Morgan fingerprint density at radius 3 is 2.20 bits per heavy atom. The van der Waals surface area contributed by atoms with Gasteiger partial charge in [-0.05, 0) is 24.1 Å². The van der Waals surface area contributed by atoms with Crippen LogP contribution in [0.4, 0.5) is 13.2 Å². The largest absolute Gasteiger partial charge is 0.493 e. The quantitative estimate of drug-likeness (QED) is 0.197. The van der Waals surface area contributed by atoms with Gasteiger partial charge in [-0.15, -0.1) is 0 Å². The van der Waals surface area contributed by atoms with Crippen LogP contribution in [-0.2, 0) is 33.9 Å². The normalized spacial score (nSPS) is 14.8. The molecule has 1 aliphatic heterocycles. The van der Waals surface area contributed by atoms with Gasteiger partial charge >= 0.3 is 5.97 Å². The van der Waals surface area contributed by atoms with Crippen molar-refractivity contribution in [1.82, 2.24) is 4.90 Å². The molecule has 5 rings (SSSR count). The molecule has 0 aliphatic carbocycles. The van der Waals surface area contributed by atoms with Gasteiger partial charge in [-0.3, -0.25) is 4.79 Å². The number of methoxy groups -OCH3 is 1. The minimum atomic E-state index is -1.57. The van der Waals surface area contributed by atoms with E-state index in [2.05, 4.69) is 0 Å². The van der Waals surface area contributed by atoms with Crippen LogP contribution in [0.25, 0.3) is 0 Å². The lowest BCUT2D eigenvalue weighted by Crippen LogP contribution is -2.51. The van der Waals surface area contributed by atoms with Crippen LogP contribution in [0.15, 0.2) is 84.9 Å². The van der Waals surface area contributed by atoms with Crippen LogP contribution in [0, 0.1) is 17.5 Å². The molecular formula is C34H30F3NO6. The standard InChI is InChI=1S/C34H30F3NO6/c1-3-42-34(40)28-18-25-23(14-15-29(41-2)31(25)43-20-21-10-6-4-7-11-21)19-38(28)33(39)30(22-12-8-5-9-13-22)44-32-26(36)16-24(35)17-27(32)37/h4-17,28,30H,3,18-20H2,1-2H3/t28-,30?/m0/s1. The summed E-state index contributed by atoms with van der Waals surface area (Å²) in [5.74, 6) is -5.20. The van der Waals surface area contributed by atoms with Crippen molar-refractivity contribution in [2.24, 2.45) is 0 Å². The fourth-order valence-corrected chi connectivity index (χ4v) is 5.14. The Balaban J connectivity index is 1.54. The molecule has 0 saturated carbocycles. The highest BCUT2D eigenvalue weighted by molar-refractivity contribution is 5.89. The molecule has 0 N–H and O–H groups in total. The van der Waals surface area contributed by atoms with E-state index in [1.54, 1.807) is 49.4 Å². The molecule has 1 aliphatic rings. The second-order valence-corrected chi connectivity index (χ2v) is 10.1. The Bertz CT molecular complexity index is 1610. The van der Waals surface area contributed by atoms with Gasteiger partial charge in [0.25, 0.3) is 5.91 Å². The zero-order valence-corrected chi connectivity index (χ0v) is 24.1. The highest BCUT2D eigenvalue weighted by atomic mass is 19.1. The summed E-state index contributed by atoms with van der Waals surface area (Å²) < 4.78 is 65.8. The van der Waals surface area contributed by atoms with E-state index >= 15 is 0 Å². The highest BCUT2D eigenvalue weighted by Gasteiger charge is 2.41. The van der Waals surface area contributed by atoms with Gasteiger partial charge < -0.3 is 23.8 Å². The fourth-order valence-electron chi connectivity index (χ4n) is 5.14. The second-order valence-electron chi connectivity index (χ2n) is 10.1. The molecular weight excluding hydrogens is 575 g/mol. The third-order valence-electron chi connectivity index (χ3n) is 7.25. The molecule has 228 valence electrons. The molecule has 0 saturated heterocycles. The Morgan fingerprint density at radius 1 is 0.909 bits per heavy atom. The first-order valence-electron chi connectivity index (χ1n) is 14.0. The van der Waals surface area contributed by atoms with E-state index in [1.807, 2.05) is 30.3 Å². The van der Waals surface area contributed by atoms with E-state index in [0.29, 0.717) is 34.8 Å². The Labute approximate surface area is 252 Å². The predicted octanol–water partition coefficient (Wildman–Crippen LogP) is 6.33. The summed E-state index contributed by atoms with van der Waals surface area (Å²) in [6.07, 6.45) is -1.56. The number of nitrogens with zero attached hydrogens (tertiary/aromatic N) is 1. The summed E-state index contributed by atoms with van der Waals surface area (Å²) in [4.78, 5) is 28.9. The van der Waals surface area contributed by atoms with Crippen molar-refractivity contribution in [2.45, 2.75) is 38.6 Å². The number of halogens is 3. The van der Waals surface area contributed by atoms with Gasteiger partial charge in [0, 0.05) is 36.2 Å². The van der Waals surface area contributed by atoms with E-state index in [9.17, 15) is 22.8 Å². The average Bonchev–Trinajstić information content (AvgIpc) is 3.03. The Hall–Kier alpha value is -4.99. The van der Waals surface area contributed by atoms with E-state index in [-0.39, 0.29) is 31.7 Å². The van der Waals surface area contributed by atoms with E-state index in [4.69, 9.17) is 18.9 Å². The molecule has 0 fully saturated rings. The van der Waals surface area contributed by atoms with Crippen LogP contribution in [0.3, 0.4) is 0 Å². The number of carbonyl (C=O) groups is 2. The highest BCUT2D eigenvalue weighted by Crippen LogP contribution is 2.40. The van der Waals surface area contributed by atoms with Crippen molar-refractivity contribution in [3.05, 3.63) is 125 Å². The van der Waals surface area contributed by atoms with Crippen molar-refractivity contribution in [2.75, 3.05) is 13.7 Å². The number of hydrogen-bond donors (Lipinski definition) is 0.